The molecular formula is C20H24N2O2. The number of carbonyl (C=O) groups excluding carboxylic acids is 2. The summed E-state index contributed by atoms with van der Waals surface area (Å²) < 4.78 is 0. The first kappa shape index (κ1) is 17.7. The molecule has 0 heterocycles. The van der Waals surface area contributed by atoms with Gasteiger partial charge in [-0.1, -0.05) is 35.9 Å². The molecule has 0 aliphatic carbocycles. The Balaban J connectivity index is 2.07. The molecule has 0 N–H and O–H groups in total. The van der Waals surface area contributed by atoms with Gasteiger partial charge in [-0.25, -0.2) is 0 Å². The lowest BCUT2D eigenvalue weighted by Gasteiger charge is -2.25. The summed E-state index contributed by atoms with van der Waals surface area (Å²) in [5.41, 5.74) is 2.85. The van der Waals surface area contributed by atoms with Crippen LogP contribution in [0, 0.1) is 6.92 Å². The number of benzene rings is 2. The van der Waals surface area contributed by atoms with E-state index in [1.807, 2.05) is 68.4 Å². The van der Waals surface area contributed by atoms with Gasteiger partial charge >= 0.3 is 0 Å². The van der Waals surface area contributed by atoms with Crippen LogP contribution in [0.2, 0.25) is 0 Å². The monoisotopic (exact) mass is 324 g/mol. The van der Waals surface area contributed by atoms with Crippen molar-refractivity contribution in [2.75, 3.05) is 22.9 Å². The minimum absolute atomic E-state index is 0.0158. The van der Waals surface area contributed by atoms with Crippen molar-refractivity contribution in [3.05, 3.63) is 60.2 Å². The summed E-state index contributed by atoms with van der Waals surface area (Å²) >= 11 is 0. The number of carbonyl (C=O) groups is 2. The molecule has 0 aliphatic rings. The fourth-order valence-corrected chi connectivity index (χ4v) is 2.65. The van der Waals surface area contributed by atoms with E-state index in [0.717, 1.165) is 16.9 Å². The summed E-state index contributed by atoms with van der Waals surface area (Å²) in [6.07, 6.45) is 0.288. The summed E-state index contributed by atoms with van der Waals surface area (Å²) in [5.74, 6) is -0.0449. The van der Waals surface area contributed by atoms with Crippen LogP contribution in [0.1, 0.15) is 25.8 Å². The molecule has 0 bridgehead atoms. The molecule has 0 aliphatic heterocycles. The first-order valence-electron chi connectivity index (χ1n) is 8.23. The maximum absolute atomic E-state index is 12.6. The average Bonchev–Trinajstić information content (AvgIpc) is 2.58. The van der Waals surface area contributed by atoms with Crippen molar-refractivity contribution in [3.63, 3.8) is 0 Å². The van der Waals surface area contributed by atoms with Gasteiger partial charge in [0.1, 0.15) is 0 Å². The van der Waals surface area contributed by atoms with Crippen molar-refractivity contribution in [3.8, 4) is 0 Å². The van der Waals surface area contributed by atoms with E-state index in [-0.39, 0.29) is 18.2 Å². The van der Waals surface area contributed by atoms with Crippen molar-refractivity contribution < 1.29 is 9.59 Å². The van der Waals surface area contributed by atoms with E-state index in [0.29, 0.717) is 13.1 Å². The Hall–Kier alpha value is -2.62. The molecule has 0 saturated heterocycles. The Morgan fingerprint density at radius 3 is 2.00 bits per heavy atom. The largest absolute Gasteiger partial charge is 0.313 e. The van der Waals surface area contributed by atoms with E-state index in [9.17, 15) is 9.59 Å². The predicted octanol–water partition coefficient (Wildman–Crippen LogP) is 3.79. The second kappa shape index (κ2) is 8.29. The Labute approximate surface area is 143 Å². The predicted molar refractivity (Wildman–Crippen MR) is 98.3 cm³/mol. The molecule has 126 valence electrons. The molecule has 4 heteroatoms. The van der Waals surface area contributed by atoms with Crippen LogP contribution in [0.25, 0.3) is 0 Å². The first-order chi connectivity index (χ1) is 11.5. The number of rotatable bonds is 6. The van der Waals surface area contributed by atoms with E-state index >= 15 is 0 Å². The van der Waals surface area contributed by atoms with E-state index < -0.39 is 0 Å². The van der Waals surface area contributed by atoms with Crippen molar-refractivity contribution >= 4 is 23.2 Å². The fourth-order valence-electron chi connectivity index (χ4n) is 2.65. The molecule has 24 heavy (non-hydrogen) atoms. The van der Waals surface area contributed by atoms with Crippen molar-refractivity contribution in [1.29, 1.82) is 0 Å². The molecule has 4 nitrogen and oxygen atoms in total. The number of amides is 2. The van der Waals surface area contributed by atoms with Crippen LogP contribution in [0.5, 0.6) is 0 Å². The molecule has 0 spiro atoms. The van der Waals surface area contributed by atoms with Gasteiger partial charge in [-0.3, -0.25) is 9.59 Å². The number of hydrogen-bond donors (Lipinski definition) is 0. The van der Waals surface area contributed by atoms with Crippen LogP contribution >= 0.6 is 0 Å². The number of anilines is 2. The third-order valence-corrected chi connectivity index (χ3v) is 3.96. The van der Waals surface area contributed by atoms with Crippen LogP contribution in [-0.2, 0) is 9.59 Å². The van der Waals surface area contributed by atoms with Crippen LogP contribution in [0.15, 0.2) is 54.6 Å². The maximum Gasteiger partial charge on any atom is 0.228 e. The first-order valence-corrected chi connectivity index (χ1v) is 8.23. The Kier molecular flexibility index (Phi) is 6.13. The van der Waals surface area contributed by atoms with Gasteiger partial charge in [-0.15, -0.1) is 0 Å². The third-order valence-electron chi connectivity index (χ3n) is 3.96. The molecular weight excluding hydrogens is 300 g/mol. The Bertz CT molecular complexity index is 681. The van der Waals surface area contributed by atoms with E-state index in [1.165, 1.54) is 6.92 Å². The molecule has 0 unspecified atom stereocenters. The van der Waals surface area contributed by atoms with Gasteiger partial charge in [0.2, 0.25) is 11.8 Å². The molecule has 0 fully saturated rings. The molecule has 0 atom stereocenters. The second-order valence-electron chi connectivity index (χ2n) is 5.73. The van der Waals surface area contributed by atoms with E-state index in [2.05, 4.69) is 0 Å². The molecule has 2 aromatic rings. The molecule has 0 aromatic heterocycles. The lowest BCUT2D eigenvalue weighted by atomic mass is 10.2. The lowest BCUT2D eigenvalue weighted by Crippen LogP contribution is -2.36. The van der Waals surface area contributed by atoms with E-state index in [4.69, 9.17) is 0 Å². The fraction of sp³-hybridized carbons (Fsp3) is 0.300. The van der Waals surface area contributed by atoms with Gasteiger partial charge in [-0.2, -0.15) is 0 Å². The van der Waals surface area contributed by atoms with Gasteiger partial charge in [0.05, 0.1) is 0 Å². The zero-order valence-electron chi connectivity index (χ0n) is 14.5. The molecule has 2 rings (SSSR count). The summed E-state index contributed by atoms with van der Waals surface area (Å²) in [4.78, 5) is 27.9. The molecule has 0 saturated carbocycles. The SMILES string of the molecule is CCN(C(=O)CCN(C(C)=O)c1ccc(C)cc1)c1ccccc1. The van der Waals surface area contributed by atoms with E-state index in [1.54, 1.807) is 9.80 Å². The topological polar surface area (TPSA) is 40.6 Å². The van der Waals surface area contributed by atoms with Crippen molar-refractivity contribution in [1.82, 2.24) is 0 Å². The third kappa shape index (κ3) is 4.44. The normalized spacial score (nSPS) is 10.3. The highest BCUT2D eigenvalue weighted by molar-refractivity contribution is 5.96. The zero-order chi connectivity index (χ0) is 17.5. The number of para-hydroxylation sites is 1. The highest BCUT2D eigenvalue weighted by Crippen LogP contribution is 2.18. The molecule has 2 amide bonds. The minimum atomic E-state index is -0.0607. The van der Waals surface area contributed by atoms with Crippen LogP contribution in [0.4, 0.5) is 11.4 Å². The van der Waals surface area contributed by atoms with Crippen molar-refractivity contribution in [2.45, 2.75) is 27.2 Å². The van der Waals surface area contributed by atoms with Crippen LogP contribution in [0.3, 0.4) is 0 Å². The lowest BCUT2D eigenvalue weighted by molar-refractivity contribution is -0.118. The summed E-state index contributed by atoms with van der Waals surface area (Å²) in [7, 11) is 0. The van der Waals surface area contributed by atoms with Gasteiger partial charge in [-0.05, 0) is 38.1 Å². The van der Waals surface area contributed by atoms with Gasteiger partial charge in [0.15, 0.2) is 0 Å². The van der Waals surface area contributed by atoms with Gasteiger partial charge in [0, 0.05) is 37.8 Å². The smallest absolute Gasteiger partial charge is 0.228 e. The molecule has 0 radical (unpaired) electrons. The van der Waals surface area contributed by atoms with Crippen LogP contribution < -0.4 is 9.80 Å². The Morgan fingerprint density at radius 1 is 0.875 bits per heavy atom. The number of hydrogen-bond acceptors (Lipinski definition) is 2. The second-order valence-corrected chi connectivity index (χ2v) is 5.73. The quantitative estimate of drug-likeness (QED) is 0.811. The Morgan fingerprint density at radius 2 is 1.46 bits per heavy atom. The highest BCUT2D eigenvalue weighted by atomic mass is 16.2. The summed E-state index contributed by atoms with van der Waals surface area (Å²) in [6.45, 7) is 6.46. The van der Waals surface area contributed by atoms with Gasteiger partial charge in [0.25, 0.3) is 0 Å². The highest BCUT2D eigenvalue weighted by Gasteiger charge is 2.17. The van der Waals surface area contributed by atoms with Crippen LogP contribution in [-0.4, -0.2) is 24.9 Å². The van der Waals surface area contributed by atoms with Gasteiger partial charge < -0.3 is 9.80 Å². The number of nitrogens with zero attached hydrogens (tertiary/aromatic N) is 2. The minimum Gasteiger partial charge on any atom is -0.313 e. The van der Waals surface area contributed by atoms with Crippen molar-refractivity contribution in [2.24, 2.45) is 0 Å². The maximum atomic E-state index is 12.6. The molecule has 2 aromatic carbocycles. The summed E-state index contributed by atoms with van der Waals surface area (Å²) in [5, 5.41) is 0. The summed E-state index contributed by atoms with van der Waals surface area (Å²) in [6, 6.07) is 17.4. The average molecular weight is 324 g/mol. The standard InChI is InChI=1S/C20H24N2O2/c1-4-21(18-8-6-5-7-9-18)20(24)14-15-22(17(3)23)19-12-10-16(2)11-13-19/h5-13H,4,14-15H2,1-3H3. The number of aryl methyl sites for hydroxylation is 1. The zero-order valence-corrected chi connectivity index (χ0v) is 14.5.